The minimum atomic E-state index is -0.925. The van der Waals surface area contributed by atoms with Gasteiger partial charge in [0.2, 0.25) is 0 Å². The van der Waals surface area contributed by atoms with E-state index in [-0.39, 0.29) is 0 Å². The lowest BCUT2D eigenvalue weighted by Crippen LogP contribution is -2.29. The fourth-order valence-corrected chi connectivity index (χ4v) is 2.29. The average Bonchev–Trinajstić information content (AvgIpc) is 3.07. The van der Waals surface area contributed by atoms with Crippen LogP contribution in [0.5, 0.6) is 0 Å². The molecule has 0 bridgehead atoms. The van der Waals surface area contributed by atoms with Crippen LogP contribution in [0, 0.1) is 11.3 Å². The second kappa shape index (κ2) is 7.92. The zero-order chi connectivity index (χ0) is 16.7. The van der Waals surface area contributed by atoms with Crippen LogP contribution < -0.4 is 5.32 Å². The Morgan fingerprint density at radius 3 is 2.65 bits per heavy atom. The highest BCUT2D eigenvalue weighted by atomic mass is 32.1. The van der Waals surface area contributed by atoms with Crippen LogP contribution in [0.4, 0.5) is 5.69 Å². The molecule has 0 fully saturated rings. The van der Waals surface area contributed by atoms with E-state index in [1.807, 2.05) is 23.6 Å². The summed E-state index contributed by atoms with van der Waals surface area (Å²) in [6.45, 7) is 1.50. The zero-order valence-corrected chi connectivity index (χ0v) is 13.2. The minimum absolute atomic E-state index is 0.437. The highest BCUT2D eigenvalue weighted by Gasteiger charge is 2.16. The summed E-state index contributed by atoms with van der Waals surface area (Å²) in [6, 6.07) is 12.2. The number of esters is 1. The Morgan fingerprint density at radius 2 is 2.04 bits per heavy atom. The summed E-state index contributed by atoms with van der Waals surface area (Å²) in [5.74, 6) is -1.02. The van der Waals surface area contributed by atoms with Crippen molar-refractivity contribution >= 4 is 35.0 Å². The lowest BCUT2D eigenvalue weighted by Gasteiger charge is -2.12. The number of rotatable bonds is 5. The molecule has 5 nitrogen and oxygen atoms in total. The standard InChI is InChI=1S/C17H14N2O3S/c1-12(22-16(20)9-8-15-3-2-10-23-15)17(21)19-14-6-4-13(11-18)5-7-14/h2-10,12H,1H3,(H,19,21)/b9-8+/t12-/m0/s1. The maximum Gasteiger partial charge on any atom is 0.331 e. The molecule has 2 aromatic rings. The van der Waals surface area contributed by atoms with E-state index in [1.54, 1.807) is 30.3 Å². The van der Waals surface area contributed by atoms with Gasteiger partial charge < -0.3 is 10.1 Å². The van der Waals surface area contributed by atoms with Crippen molar-refractivity contribution in [2.75, 3.05) is 5.32 Å². The Hall–Kier alpha value is -2.91. The minimum Gasteiger partial charge on any atom is -0.449 e. The van der Waals surface area contributed by atoms with Gasteiger partial charge in [-0.05, 0) is 48.7 Å². The van der Waals surface area contributed by atoms with Gasteiger partial charge >= 0.3 is 5.97 Å². The van der Waals surface area contributed by atoms with Crippen LogP contribution in [0.2, 0.25) is 0 Å². The SMILES string of the molecule is C[C@H](OC(=O)/C=C/c1cccs1)C(=O)Nc1ccc(C#N)cc1. The average molecular weight is 326 g/mol. The molecule has 0 spiro atoms. The monoisotopic (exact) mass is 326 g/mol. The summed E-state index contributed by atoms with van der Waals surface area (Å²) in [5, 5.41) is 13.2. The van der Waals surface area contributed by atoms with Gasteiger partial charge in [-0.3, -0.25) is 4.79 Å². The second-order valence-electron chi connectivity index (χ2n) is 4.61. The Bertz CT molecular complexity index is 743. The number of nitrogens with one attached hydrogen (secondary N) is 1. The van der Waals surface area contributed by atoms with Gasteiger partial charge in [0.1, 0.15) is 0 Å². The maximum atomic E-state index is 12.0. The van der Waals surface area contributed by atoms with Crippen LogP contribution in [0.25, 0.3) is 6.08 Å². The summed E-state index contributed by atoms with van der Waals surface area (Å²) >= 11 is 1.50. The third-order valence-corrected chi connectivity index (χ3v) is 3.71. The molecule has 1 amide bonds. The lowest BCUT2D eigenvalue weighted by atomic mass is 10.2. The van der Waals surface area contributed by atoms with Crippen molar-refractivity contribution in [2.45, 2.75) is 13.0 Å². The first-order valence-corrected chi connectivity index (χ1v) is 7.69. The molecule has 2 rings (SSSR count). The molecule has 0 aliphatic heterocycles. The van der Waals surface area contributed by atoms with E-state index < -0.39 is 18.0 Å². The summed E-state index contributed by atoms with van der Waals surface area (Å²) < 4.78 is 5.04. The molecule has 23 heavy (non-hydrogen) atoms. The van der Waals surface area contributed by atoms with Gasteiger partial charge in [-0.2, -0.15) is 5.26 Å². The summed E-state index contributed by atoms with van der Waals surface area (Å²) in [5.41, 5.74) is 1.03. The third-order valence-electron chi connectivity index (χ3n) is 2.87. The number of nitriles is 1. The number of hydrogen-bond acceptors (Lipinski definition) is 5. The Kier molecular flexibility index (Phi) is 5.67. The van der Waals surface area contributed by atoms with Gasteiger partial charge in [0, 0.05) is 16.6 Å². The largest absolute Gasteiger partial charge is 0.449 e. The molecule has 1 N–H and O–H groups in total. The second-order valence-corrected chi connectivity index (χ2v) is 5.59. The molecule has 1 atom stereocenters. The smallest absolute Gasteiger partial charge is 0.331 e. The first-order chi connectivity index (χ1) is 11.1. The Morgan fingerprint density at radius 1 is 1.30 bits per heavy atom. The zero-order valence-electron chi connectivity index (χ0n) is 12.4. The normalized spacial score (nSPS) is 11.7. The van der Waals surface area contributed by atoms with Gasteiger partial charge in [0.25, 0.3) is 5.91 Å². The molecule has 0 saturated heterocycles. The summed E-state index contributed by atoms with van der Waals surface area (Å²) in [4.78, 5) is 24.6. The first-order valence-electron chi connectivity index (χ1n) is 6.81. The van der Waals surface area contributed by atoms with Gasteiger partial charge in [-0.25, -0.2) is 4.79 Å². The summed E-state index contributed by atoms with van der Waals surface area (Å²) in [7, 11) is 0. The van der Waals surface area contributed by atoms with E-state index in [4.69, 9.17) is 10.00 Å². The van der Waals surface area contributed by atoms with Gasteiger partial charge in [0.05, 0.1) is 11.6 Å². The number of nitrogens with zero attached hydrogens (tertiary/aromatic N) is 1. The van der Waals surface area contributed by atoms with Crippen molar-refractivity contribution < 1.29 is 14.3 Å². The van der Waals surface area contributed by atoms with Crippen LogP contribution in [0.15, 0.2) is 47.9 Å². The molecular weight excluding hydrogens is 312 g/mol. The van der Waals surface area contributed by atoms with Crippen LogP contribution >= 0.6 is 11.3 Å². The molecule has 0 unspecified atom stereocenters. The van der Waals surface area contributed by atoms with Gasteiger partial charge in [-0.15, -0.1) is 11.3 Å². The number of anilines is 1. The first kappa shape index (κ1) is 16.5. The number of benzene rings is 1. The lowest BCUT2D eigenvalue weighted by molar-refractivity contribution is -0.148. The van der Waals surface area contributed by atoms with Crippen LogP contribution in [0.3, 0.4) is 0 Å². The number of thiophene rings is 1. The highest BCUT2D eigenvalue weighted by Crippen LogP contribution is 2.11. The molecule has 1 aromatic heterocycles. The number of ether oxygens (including phenoxy) is 1. The fraction of sp³-hybridized carbons (Fsp3) is 0.118. The quantitative estimate of drug-likeness (QED) is 0.676. The van der Waals surface area contributed by atoms with E-state index in [0.29, 0.717) is 11.3 Å². The van der Waals surface area contributed by atoms with E-state index in [9.17, 15) is 9.59 Å². The van der Waals surface area contributed by atoms with Gasteiger partial charge in [0.15, 0.2) is 6.10 Å². The molecule has 6 heteroatoms. The molecule has 0 radical (unpaired) electrons. The topological polar surface area (TPSA) is 79.2 Å². The van der Waals surface area contributed by atoms with Crippen LogP contribution in [-0.2, 0) is 14.3 Å². The van der Waals surface area contributed by atoms with Crippen molar-refractivity contribution in [3.05, 3.63) is 58.3 Å². The third kappa shape index (κ3) is 5.09. The number of carbonyl (C=O) groups is 2. The molecule has 0 aliphatic carbocycles. The fourth-order valence-electron chi connectivity index (χ4n) is 1.68. The molecule has 1 aromatic carbocycles. The van der Waals surface area contributed by atoms with E-state index in [1.165, 1.54) is 24.3 Å². The number of carbonyl (C=O) groups excluding carboxylic acids is 2. The predicted octanol–water partition coefficient (Wildman–Crippen LogP) is 3.20. The molecule has 0 saturated carbocycles. The molecule has 1 heterocycles. The van der Waals surface area contributed by atoms with Crippen molar-refractivity contribution in [2.24, 2.45) is 0 Å². The van der Waals surface area contributed by atoms with Crippen LogP contribution in [0.1, 0.15) is 17.4 Å². The van der Waals surface area contributed by atoms with Gasteiger partial charge in [-0.1, -0.05) is 6.07 Å². The van der Waals surface area contributed by atoms with E-state index in [2.05, 4.69) is 5.32 Å². The maximum absolute atomic E-state index is 12.0. The van der Waals surface area contributed by atoms with E-state index >= 15 is 0 Å². The number of hydrogen-bond donors (Lipinski definition) is 1. The summed E-state index contributed by atoms with van der Waals surface area (Å²) in [6.07, 6.45) is 2.00. The van der Waals surface area contributed by atoms with Crippen LogP contribution in [-0.4, -0.2) is 18.0 Å². The van der Waals surface area contributed by atoms with Crippen molar-refractivity contribution in [3.63, 3.8) is 0 Å². The molecular formula is C17H14N2O3S. The molecule has 116 valence electrons. The Balaban J connectivity index is 1.86. The van der Waals surface area contributed by atoms with E-state index in [0.717, 1.165) is 4.88 Å². The number of amides is 1. The predicted molar refractivity (Wildman–Crippen MR) is 88.7 cm³/mol. The van der Waals surface area contributed by atoms with Crippen molar-refractivity contribution in [3.8, 4) is 6.07 Å². The van der Waals surface area contributed by atoms with Crippen molar-refractivity contribution in [1.82, 2.24) is 0 Å². The highest BCUT2D eigenvalue weighted by molar-refractivity contribution is 7.10. The Labute approximate surface area is 137 Å². The van der Waals surface area contributed by atoms with Crippen molar-refractivity contribution in [1.29, 1.82) is 5.26 Å². The molecule has 0 aliphatic rings.